The summed E-state index contributed by atoms with van der Waals surface area (Å²) in [7, 11) is 0. The first-order chi connectivity index (χ1) is 12.2. The van der Waals surface area contributed by atoms with Crippen LogP contribution in [0.25, 0.3) is 0 Å². The van der Waals surface area contributed by atoms with Crippen LogP contribution in [0.15, 0.2) is 42.7 Å². The Kier molecular flexibility index (Phi) is 4.15. The van der Waals surface area contributed by atoms with Gasteiger partial charge in [0.05, 0.1) is 5.41 Å². The Morgan fingerprint density at radius 2 is 1.84 bits per heavy atom. The molecule has 5 nitrogen and oxygen atoms in total. The molecule has 2 aliphatic heterocycles. The summed E-state index contributed by atoms with van der Waals surface area (Å²) in [4.78, 5) is 23.9. The van der Waals surface area contributed by atoms with Crippen LogP contribution in [-0.2, 0) is 11.2 Å². The molecule has 1 atom stereocenters. The maximum atomic E-state index is 12.7. The number of aryl methyl sites for hydroxylation is 1. The zero-order valence-electron chi connectivity index (χ0n) is 14.6. The number of piperidine rings is 1. The number of hydrogen-bond donors (Lipinski definition) is 1. The number of amides is 1. The first-order valence-electron chi connectivity index (χ1n) is 9.12. The number of carbonyl (C=O) groups excluding carboxylic acids is 1. The second-order valence-corrected chi connectivity index (χ2v) is 7.06. The third kappa shape index (κ3) is 2.77. The van der Waals surface area contributed by atoms with Gasteiger partial charge in [0.15, 0.2) is 0 Å². The number of nitrogens with one attached hydrogen (secondary N) is 1. The molecule has 0 radical (unpaired) electrons. The Balaban J connectivity index is 1.53. The maximum absolute atomic E-state index is 12.7. The molecule has 1 N–H and O–H groups in total. The first kappa shape index (κ1) is 16.1. The van der Waals surface area contributed by atoms with Gasteiger partial charge in [0.2, 0.25) is 11.9 Å². The number of anilines is 1. The third-order valence-electron chi connectivity index (χ3n) is 5.83. The first-order valence-corrected chi connectivity index (χ1v) is 9.12. The van der Waals surface area contributed by atoms with Crippen LogP contribution in [0.2, 0.25) is 0 Å². The molecule has 1 aromatic carbocycles. The van der Waals surface area contributed by atoms with Crippen LogP contribution >= 0.6 is 0 Å². The molecule has 2 fully saturated rings. The number of hydrogen-bond acceptors (Lipinski definition) is 4. The van der Waals surface area contributed by atoms with Gasteiger partial charge in [-0.1, -0.05) is 37.3 Å². The maximum Gasteiger partial charge on any atom is 0.227 e. The van der Waals surface area contributed by atoms with Gasteiger partial charge in [0.1, 0.15) is 0 Å². The van der Waals surface area contributed by atoms with Crippen LogP contribution in [0, 0.1) is 5.41 Å². The largest absolute Gasteiger partial charge is 0.355 e. The van der Waals surface area contributed by atoms with Crippen LogP contribution in [-0.4, -0.2) is 35.5 Å². The van der Waals surface area contributed by atoms with Gasteiger partial charge >= 0.3 is 0 Å². The lowest BCUT2D eigenvalue weighted by atomic mass is 9.68. The molecule has 1 unspecified atom stereocenters. The summed E-state index contributed by atoms with van der Waals surface area (Å²) in [5.74, 6) is 1.25. The van der Waals surface area contributed by atoms with E-state index in [0.29, 0.717) is 0 Å². The molecule has 0 bridgehead atoms. The van der Waals surface area contributed by atoms with Crippen molar-refractivity contribution in [3.8, 4) is 0 Å². The summed E-state index contributed by atoms with van der Waals surface area (Å²) in [6.07, 6.45) is 6.44. The predicted molar refractivity (Wildman–Crippen MR) is 97.5 cm³/mol. The average Bonchev–Trinajstić information content (AvgIpc) is 2.99. The SMILES string of the molecule is CCc1cnc(N2CCC3(CC2)C(=O)NCC3c2ccccc2)nc1. The Hall–Kier alpha value is -2.43. The molecule has 130 valence electrons. The Labute approximate surface area is 148 Å². The van der Waals surface area contributed by atoms with Crippen molar-refractivity contribution >= 4 is 11.9 Å². The van der Waals surface area contributed by atoms with E-state index >= 15 is 0 Å². The van der Waals surface area contributed by atoms with Crippen LogP contribution in [0.5, 0.6) is 0 Å². The molecule has 5 heteroatoms. The van der Waals surface area contributed by atoms with E-state index in [1.54, 1.807) is 0 Å². The van der Waals surface area contributed by atoms with Crippen molar-refractivity contribution < 1.29 is 4.79 Å². The average molecular weight is 336 g/mol. The van der Waals surface area contributed by atoms with Gasteiger partial charge in [-0.2, -0.15) is 0 Å². The van der Waals surface area contributed by atoms with Crippen molar-refractivity contribution in [3.63, 3.8) is 0 Å². The third-order valence-corrected chi connectivity index (χ3v) is 5.83. The smallest absolute Gasteiger partial charge is 0.227 e. The Morgan fingerprint density at radius 3 is 2.48 bits per heavy atom. The van der Waals surface area contributed by atoms with Crippen LogP contribution < -0.4 is 10.2 Å². The molecule has 25 heavy (non-hydrogen) atoms. The minimum atomic E-state index is -0.290. The van der Waals surface area contributed by atoms with Crippen LogP contribution in [0.4, 0.5) is 5.95 Å². The lowest BCUT2D eigenvalue weighted by molar-refractivity contribution is -0.129. The summed E-state index contributed by atoms with van der Waals surface area (Å²) in [5, 5.41) is 3.11. The molecule has 0 aliphatic carbocycles. The number of benzene rings is 1. The van der Waals surface area contributed by atoms with E-state index in [1.807, 2.05) is 18.5 Å². The Bertz CT molecular complexity index is 736. The molecule has 1 spiro atoms. The molecular weight excluding hydrogens is 312 g/mol. The fraction of sp³-hybridized carbons (Fsp3) is 0.450. The quantitative estimate of drug-likeness (QED) is 0.936. The van der Waals surface area contributed by atoms with Crippen molar-refractivity contribution in [2.45, 2.75) is 32.1 Å². The highest BCUT2D eigenvalue weighted by Gasteiger charge is 2.52. The zero-order valence-corrected chi connectivity index (χ0v) is 14.6. The van der Waals surface area contributed by atoms with Gasteiger partial charge in [0, 0.05) is 37.9 Å². The Morgan fingerprint density at radius 1 is 1.16 bits per heavy atom. The predicted octanol–water partition coefficient (Wildman–Crippen LogP) is 2.54. The molecule has 1 amide bonds. The second kappa shape index (κ2) is 6.47. The van der Waals surface area contributed by atoms with Gasteiger partial charge < -0.3 is 10.2 Å². The summed E-state index contributed by atoms with van der Waals surface area (Å²) < 4.78 is 0. The van der Waals surface area contributed by atoms with Crippen molar-refractivity contribution in [3.05, 3.63) is 53.9 Å². The lowest BCUT2D eigenvalue weighted by Crippen LogP contribution is -2.46. The molecule has 2 aromatic rings. The molecule has 4 rings (SSSR count). The second-order valence-electron chi connectivity index (χ2n) is 7.06. The topological polar surface area (TPSA) is 58.1 Å². The molecule has 1 aromatic heterocycles. The van der Waals surface area contributed by atoms with Crippen molar-refractivity contribution in [2.24, 2.45) is 5.41 Å². The summed E-state index contributed by atoms with van der Waals surface area (Å²) in [5.41, 5.74) is 2.12. The van der Waals surface area contributed by atoms with Crippen LogP contribution in [0.3, 0.4) is 0 Å². The lowest BCUT2D eigenvalue weighted by Gasteiger charge is -2.41. The number of rotatable bonds is 3. The van der Waals surface area contributed by atoms with Gasteiger partial charge in [-0.15, -0.1) is 0 Å². The highest BCUT2D eigenvalue weighted by molar-refractivity contribution is 5.87. The minimum absolute atomic E-state index is 0.211. The zero-order chi connectivity index (χ0) is 17.3. The van der Waals surface area contributed by atoms with Gasteiger partial charge in [-0.25, -0.2) is 9.97 Å². The van der Waals surface area contributed by atoms with E-state index in [1.165, 1.54) is 5.56 Å². The fourth-order valence-corrected chi connectivity index (χ4v) is 4.22. The van der Waals surface area contributed by atoms with E-state index < -0.39 is 0 Å². The fourth-order valence-electron chi connectivity index (χ4n) is 4.22. The summed E-state index contributed by atoms with van der Waals surface area (Å²) >= 11 is 0. The minimum Gasteiger partial charge on any atom is -0.355 e. The molecule has 2 aliphatic rings. The van der Waals surface area contributed by atoms with Crippen LogP contribution in [0.1, 0.15) is 36.8 Å². The monoisotopic (exact) mass is 336 g/mol. The van der Waals surface area contributed by atoms with E-state index in [0.717, 1.165) is 50.4 Å². The summed E-state index contributed by atoms with van der Waals surface area (Å²) in [6.45, 7) is 4.49. The van der Waals surface area contributed by atoms with E-state index in [9.17, 15) is 4.79 Å². The number of nitrogens with zero attached hydrogens (tertiary/aromatic N) is 3. The van der Waals surface area contributed by atoms with Crippen molar-refractivity contribution in [1.29, 1.82) is 0 Å². The molecule has 2 saturated heterocycles. The normalized spacial score (nSPS) is 22.2. The van der Waals surface area contributed by atoms with E-state index in [2.05, 4.69) is 51.4 Å². The van der Waals surface area contributed by atoms with Crippen molar-refractivity contribution in [2.75, 3.05) is 24.5 Å². The van der Waals surface area contributed by atoms with E-state index in [4.69, 9.17) is 0 Å². The van der Waals surface area contributed by atoms with Gasteiger partial charge in [-0.3, -0.25) is 4.79 Å². The van der Waals surface area contributed by atoms with E-state index in [-0.39, 0.29) is 17.2 Å². The number of aromatic nitrogens is 2. The van der Waals surface area contributed by atoms with Crippen molar-refractivity contribution in [1.82, 2.24) is 15.3 Å². The number of carbonyl (C=O) groups is 1. The highest BCUT2D eigenvalue weighted by atomic mass is 16.2. The van der Waals surface area contributed by atoms with Gasteiger partial charge in [-0.05, 0) is 30.4 Å². The molecular formula is C20H24N4O. The molecule has 0 saturated carbocycles. The van der Waals surface area contributed by atoms with Gasteiger partial charge in [0.25, 0.3) is 0 Å². The highest BCUT2D eigenvalue weighted by Crippen LogP contribution is 2.47. The summed E-state index contributed by atoms with van der Waals surface area (Å²) in [6, 6.07) is 10.4. The molecule has 3 heterocycles. The standard InChI is InChI=1S/C20H24N4O/c1-2-15-12-22-19(23-13-15)24-10-8-20(9-11-24)17(14-21-18(20)25)16-6-4-3-5-7-16/h3-7,12-13,17H,2,8-11,14H2,1H3,(H,21,25).